The van der Waals surface area contributed by atoms with Crippen LogP contribution in [0.1, 0.15) is 43.2 Å². The molecule has 0 bridgehead atoms. The summed E-state index contributed by atoms with van der Waals surface area (Å²) in [4.78, 5) is 39.1. The van der Waals surface area contributed by atoms with Gasteiger partial charge in [0.05, 0.1) is 5.54 Å². The van der Waals surface area contributed by atoms with Crippen LogP contribution < -0.4 is 16.4 Å². The Kier molecular flexibility index (Phi) is 5.18. The van der Waals surface area contributed by atoms with Crippen molar-refractivity contribution in [2.75, 3.05) is 13.1 Å². The molecule has 1 aromatic carbocycles. The highest BCUT2D eigenvalue weighted by atomic mass is 35.5. The number of halogens is 1. The number of amides is 4. The lowest BCUT2D eigenvalue weighted by Crippen LogP contribution is -2.54. The maximum atomic E-state index is 13.1. The standard InChI is InChI=1S/C19H24N4O3.ClH/c20-12-18(8-3-4-9-18)21-15(24)11-23-16(25)19(22-17(23)26)10-7-13-5-1-2-6-14(13)19;/h1-2,5-6H,3-4,7-12,20H2,(H,21,24)(H,22,26);1H. The van der Waals surface area contributed by atoms with E-state index in [0.29, 0.717) is 13.0 Å². The van der Waals surface area contributed by atoms with Crippen LogP contribution >= 0.6 is 12.4 Å². The van der Waals surface area contributed by atoms with Gasteiger partial charge < -0.3 is 16.4 Å². The first-order valence-corrected chi connectivity index (χ1v) is 9.23. The molecule has 0 aromatic heterocycles. The van der Waals surface area contributed by atoms with E-state index in [1.807, 2.05) is 24.3 Å². The number of hydrogen-bond donors (Lipinski definition) is 3. The molecule has 4 N–H and O–H groups in total. The number of nitrogens with one attached hydrogen (secondary N) is 2. The molecule has 3 aliphatic rings. The minimum Gasteiger partial charge on any atom is -0.348 e. The van der Waals surface area contributed by atoms with Crippen LogP contribution in [0.5, 0.6) is 0 Å². The lowest BCUT2D eigenvalue weighted by Gasteiger charge is -2.29. The SMILES string of the molecule is Cl.NCC1(NC(=O)CN2C(=O)NC3(CCc4ccccc43)C2=O)CCCC1. The molecule has 27 heavy (non-hydrogen) atoms. The molecule has 1 saturated heterocycles. The molecule has 1 atom stereocenters. The van der Waals surface area contributed by atoms with Gasteiger partial charge in [0, 0.05) is 6.54 Å². The van der Waals surface area contributed by atoms with E-state index in [-0.39, 0.29) is 30.8 Å². The summed E-state index contributed by atoms with van der Waals surface area (Å²) in [5, 5.41) is 5.81. The highest BCUT2D eigenvalue weighted by Gasteiger charge is 2.55. The second-order valence-electron chi connectivity index (χ2n) is 7.62. The number of carbonyl (C=O) groups excluding carboxylic acids is 3. The third kappa shape index (κ3) is 3.08. The molecule has 7 nitrogen and oxygen atoms in total. The summed E-state index contributed by atoms with van der Waals surface area (Å²) < 4.78 is 0. The van der Waals surface area contributed by atoms with E-state index in [2.05, 4.69) is 10.6 Å². The summed E-state index contributed by atoms with van der Waals surface area (Å²) in [6, 6.07) is 7.15. The maximum Gasteiger partial charge on any atom is 0.325 e. The van der Waals surface area contributed by atoms with Gasteiger partial charge in [-0.3, -0.25) is 14.5 Å². The summed E-state index contributed by atoms with van der Waals surface area (Å²) in [5.41, 5.74) is 6.35. The zero-order chi connectivity index (χ0) is 18.4. The van der Waals surface area contributed by atoms with Gasteiger partial charge in [-0.2, -0.15) is 0 Å². The molecule has 1 aromatic rings. The summed E-state index contributed by atoms with van der Waals surface area (Å²) in [6.45, 7) is 0.104. The minimum atomic E-state index is -1.02. The van der Waals surface area contributed by atoms with Crippen molar-refractivity contribution in [2.45, 2.75) is 49.6 Å². The molecule has 4 amide bonds. The zero-order valence-electron chi connectivity index (χ0n) is 15.1. The van der Waals surface area contributed by atoms with Crippen LogP contribution in [-0.4, -0.2) is 41.4 Å². The molecule has 1 saturated carbocycles. The van der Waals surface area contributed by atoms with Crippen molar-refractivity contribution in [1.29, 1.82) is 0 Å². The predicted molar refractivity (Wildman–Crippen MR) is 102 cm³/mol. The number of nitrogens with zero attached hydrogens (tertiary/aromatic N) is 1. The molecule has 8 heteroatoms. The number of carbonyl (C=O) groups is 3. The van der Waals surface area contributed by atoms with Crippen molar-refractivity contribution < 1.29 is 14.4 Å². The van der Waals surface area contributed by atoms with Crippen LogP contribution in [0.4, 0.5) is 4.79 Å². The van der Waals surface area contributed by atoms with Gasteiger partial charge >= 0.3 is 6.03 Å². The molecule has 2 fully saturated rings. The van der Waals surface area contributed by atoms with Crippen LogP contribution in [-0.2, 0) is 21.5 Å². The van der Waals surface area contributed by atoms with Gasteiger partial charge in [0.25, 0.3) is 5.91 Å². The highest BCUT2D eigenvalue weighted by molar-refractivity contribution is 6.10. The number of nitrogens with two attached hydrogens (primary N) is 1. The number of imide groups is 1. The van der Waals surface area contributed by atoms with Gasteiger partial charge in [-0.15, -0.1) is 12.4 Å². The molecule has 146 valence electrons. The van der Waals surface area contributed by atoms with Crippen LogP contribution in [0, 0.1) is 0 Å². The number of benzene rings is 1. The Morgan fingerprint density at radius 2 is 1.89 bits per heavy atom. The molecule has 1 heterocycles. The maximum absolute atomic E-state index is 13.1. The summed E-state index contributed by atoms with van der Waals surface area (Å²) in [6.07, 6.45) is 5.00. The monoisotopic (exact) mass is 392 g/mol. The number of fused-ring (bicyclic) bond motifs is 2. The number of rotatable bonds is 4. The van der Waals surface area contributed by atoms with E-state index < -0.39 is 17.1 Å². The Labute approximate surface area is 164 Å². The molecule has 4 rings (SSSR count). The lowest BCUT2D eigenvalue weighted by atomic mass is 9.92. The highest BCUT2D eigenvalue weighted by Crippen LogP contribution is 2.41. The predicted octanol–water partition coefficient (Wildman–Crippen LogP) is 1.19. The molecule has 0 radical (unpaired) electrons. The first-order valence-electron chi connectivity index (χ1n) is 9.23. The largest absolute Gasteiger partial charge is 0.348 e. The zero-order valence-corrected chi connectivity index (χ0v) is 15.9. The van der Waals surface area contributed by atoms with Gasteiger partial charge in [0.2, 0.25) is 5.91 Å². The van der Waals surface area contributed by atoms with Gasteiger partial charge in [-0.25, -0.2) is 4.79 Å². The quantitative estimate of drug-likeness (QED) is 0.669. The Balaban J connectivity index is 0.00000210. The third-order valence-corrected chi connectivity index (χ3v) is 6.08. The average Bonchev–Trinajstić information content (AvgIpc) is 3.31. The molecule has 1 aliphatic heterocycles. The summed E-state index contributed by atoms with van der Waals surface area (Å²) >= 11 is 0. The van der Waals surface area contributed by atoms with Crippen LogP contribution in [0.3, 0.4) is 0 Å². The van der Waals surface area contributed by atoms with Gasteiger partial charge in [-0.05, 0) is 36.8 Å². The Morgan fingerprint density at radius 1 is 1.19 bits per heavy atom. The van der Waals surface area contributed by atoms with Crippen molar-refractivity contribution >= 4 is 30.3 Å². The fourth-order valence-electron chi connectivity index (χ4n) is 4.64. The number of aryl methyl sites for hydroxylation is 1. The Hall–Kier alpha value is -2.12. The topological polar surface area (TPSA) is 105 Å². The normalized spacial score (nSPS) is 25.3. The molecular formula is C19H25ClN4O3. The summed E-state index contributed by atoms with van der Waals surface area (Å²) in [7, 11) is 0. The van der Waals surface area contributed by atoms with Gasteiger partial charge in [-0.1, -0.05) is 37.1 Å². The van der Waals surface area contributed by atoms with Crippen LogP contribution in [0.25, 0.3) is 0 Å². The Bertz CT molecular complexity index is 778. The number of urea groups is 1. The number of hydrogen-bond acceptors (Lipinski definition) is 4. The van der Waals surface area contributed by atoms with Crippen molar-refractivity contribution in [1.82, 2.24) is 15.5 Å². The van der Waals surface area contributed by atoms with Crippen molar-refractivity contribution in [3.63, 3.8) is 0 Å². The lowest BCUT2D eigenvalue weighted by molar-refractivity contribution is -0.135. The second kappa shape index (κ2) is 7.13. The van der Waals surface area contributed by atoms with Crippen molar-refractivity contribution in [2.24, 2.45) is 5.73 Å². The first kappa shape index (κ1) is 19.6. The van der Waals surface area contributed by atoms with Crippen molar-refractivity contribution in [3.05, 3.63) is 35.4 Å². The fraction of sp³-hybridized carbons (Fsp3) is 0.526. The molecule has 1 spiro atoms. The van der Waals surface area contributed by atoms with Gasteiger partial charge in [0.1, 0.15) is 12.1 Å². The van der Waals surface area contributed by atoms with Crippen molar-refractivity contribution in [3.8, 4) is 0 Å². The van der Waals surface area contributed by atoms with Gasteiger partial charge in [0.15, 0.2) is 0 Å². The second-order valence-corrected chi connectivity index (χ2v) is 7.62. The fourth-order valence-corrected chi connectivity index (χ4v) is 4.64. The smallest absolute Gasteiger partial charge is 0.325 e. The van der Waals surface area contributed by atoms with E-state index in [1.54, 1.807) is 0 Å². The van der Waals surface area contributed by atoms with E-state index in [4.69, 9.17) is 5.73 Å². The van der Waals surface area contributed by atoms with E-state index >= 15 is 0 Å². The average molecular weight is 393 g/mol. The Morgan fingerprint density at radius 3 is 2.59 bits per heavy atom. The first-order chi connectivity index (χ1) is 12.5. The van der Waals surface area contributed by atoms with Crippen LogP contribution in [0.2, 0.25) is 0 Å². The third-order valence-electron chi connectivity index (χ3n) is 6.08. The molecule has 1 unspecified atom stereocenters. The minimum absolute atomic E-state index is 0. The molecule has 2 aliphatic carbocycles. The van der Waals surface area contributed by atoms with E-state index in [1.165, 1.54) is 0 Å². The van der Waals surface area contributed by atoms with E-state index in [9.17, 15) is 14.4 Å². The molecular weight excluding hydrogens is 368 g/mol. The summed E-state index contributed by atoms with van der Waals surface area (Å²) in [5.74, 6) is -0.667. The van der Waals surface area contributed by atoms with Crippen LogP contribution in [0.15, 0.2) is 24.3 Å². The van der Waals surface area contributed by atoms with E-state index in [0.717, 1.165) is 48.1 Å².